The summed E-state index contributed by atoms with van der Waals surface area (Å²) in [6, 6.07) is 0. The molecule has 0 aromatic heterocycles. The predicted molar refractivity (Wildman–Crippen MR) is 57.2 cm³/mol. The second kappa shape index (κ2) is 6.89. The molecule has 0 aromatic carbocycles. The van der Waals surface area contributed by atoms with Crippen LogP contribution < -0.4 is 0 Å². The first-order valence-corrected chi connectivity index (χ1v) is 5.62. The van der Waals surface area contributed by atoms with Crippen molar-refractivity contribution in [3.63, 3.8) is 0 Å². The van der Waals surface area contributed by atoms with Crippen LogP contribution in [0.15, 0.2) is 0 Å². The second-order valence-corrected chi connectivity index (χ2v) is 4.10. The third-order valence-electron chi connectivity index (χ3n) is 2.48. The first-order chi connectivity index (χ1) is 7.30. The summed E-state index contributed by atoms with van der Waals surface area (Å²) < 4.78 is 36.6. The van der Waals surface area contributed by atoms with Gasteiger partial charge < -0.3 is 0 Å². The molecule has 0 heterocycles. The Labute approximate surface area is 94.8 Å². The topological polar surface area (TPSA) is 20.3 Å². The van der Waals surface area contributed by atoms with Gasteiger partial charge >= 0.3 is 6.18 Å². The van der Waals surface area contributed by atoms with E-state index in [1.165, 1.54) is 4.90 Å². The summed E-state index contributed by atoms with van der Waals surface area (Å²) >= 11 is 0. The Hall–Kier alpha value is -0.580. The third kappa shape index (κ3) is 6.82. The Bertz CT molecular complexity index is 216. The summed E-state index contributed by atoms with van der Waals surface area (Å²) in [7, 11) is 0. The number of hydrogen-bond donors (Lipinski definition) is 0. The molecule has 0 aromatic rings. The predicted octanol–water partition coefficient (Wildman–Crippen LogP) is 2.88. The lowest BCUT2D eigenvalue weighted by Gasteiger charge is -2.23. The summed E-state index contributed by atoms with van der Waals surface area (Å²) in [6.45, 7) is 4.63. The highest BCUT2D eigenvalue weighted by molar-refractivity contribution is 5.82. The SMILES string of the molecule is CCCN(CC(=O)C(C)CC)CC(F)(F)F. The Kier molecular flexibility index (Phi) is 6.64. The number of rotatable bonds is 7. The zero-order valence-corrected chi connectivity index (χ0v) is 10.1. The molecular formula is C11H20F3NO. The van der Waals surface area contributed by atoms with Crippen LogP contribution >= 0.6 is 0 Å². The van der Waals surface area contributed by atoms with Gasteiger partial charge in [0.05, 0.1) is 13.1 Å². The van der Waals surface area contributed by atoms with Gasteiger partial charge in [0.25, 0.3) is 0 Å². The van der Waals surface area contributed by atoms with Crippen LogP contribution in [0.5, 0.6) is 0 Å². The summed E-state index contributed by atoms with van der Waals surface area (Å²) in [5.41, 5.74) is 0. The molecule has 16 heavy (non-hydrogen) atoms. The molecule has 0 aliphatic heterocycles. The Morgan fingerprint density at radius 3 is 2.25 bits per heavy atom. The summed E-state index contributed by atoms with van der Waals surface area (Å²) in [5, 5.41) is 0. The van der Waals surface area contributed by atoms with Crippen molar-refractivity contribution in [1.82, 2.24) is 4.90 Å². The van der Waals surface area contributed by atoms with Crippen molar-refractivity contribution in [2.45, 2.75) is 39.8 Å². The molecule has 1 unspecified atom stereocenters. The van der Waals surface area contributed by atoms with Crippen LogP contribution in [0.2, 0.25) is 0 Å². The van der Waals surface area contributed by atoms with Crippen molar-refractivity contribution in [2.75, 3.05) is 19.6 Å². The van der Waals surface area contributed by atoms with Gasteiger partial charge in [0, 0.05) is 5.92 Å². The average Bonchev–Trinajstić information content (AvgIpc) is 2.14. The molecular weight excluding hydrogens is 219 g/mol. The fraction of sp³-hybridized carbons (Fsp3) is 0.909. The van der Waals surface area contributed by atoms with Gasteiger partial charge in [-0.25, -0.2) is 0 Å². The zero-order chi connectivity index (χ0) is 12.8. The van der Waals surface area contributed by atoms with E-state index in [1.54, 1.807) is 13.8 Å². The molecule has 1 atom stereocenters. The van der Waals surface area contributed by atoms with E-state index < -0.39 is 12.7 Å². The van der Waals surface area contributed by atoms with Crippen molar-refractivity contribution in [3.05, 3.63) is 0 Å². The highest BCUT2D eigenvalue weighted by Gasteiger charge is 2.31. The molecule has 0 saturated heterocycles. The largest absolute Gasteiger partial charge is 0.401 e. The Morgan fingerprint density at radius 2 is 1.88 bits per heavy atom. The van der Waals surface area contributed by atoms with Gasteiger partial charge in [-0.1, -0.05) is 20.8 Å². The van der Waals surface area contributed by atoms with E-state index in [0.717, 1.165) is 0 Å². The molecule has 2 nitrogen and oxygen atoms in total. The summed E-state index contributed by atoms with van der Waals surface area (Å²) in [5.74, 6) is -0.271. The number of carbonyl (C=O) groups is 1. The molecule has 0 radical (unpaired) electrons. The van der Waals surface area contributed by atoms with Gasteiger partial charge in [0.15, 0.2) is 0 Å². The number of carbonyl (C=O) groups excluding carboxylic acids is 1. The van der Waals surface area contributed by atoms with Crippen LogP contribution in [0.25, 0.3) is 0 Å². The smallest absolute Gasteiger partial charge is 0.298 e. The fourth-order valence-corrected chi connectivity index (χ4v) is 1.39. The van der Waals surface area contributed by atoms with Crippen LogP contribution in [0, 0.1) is 5.92 Å². The van der Waals surface area contributed by atoms with Crippen LogP contribution in [0.1, 0.15) is 33.6 Å². The maximum Gasteiger partial charge on any atom is 0.401 e. The maximum absolute atomic E-state index is 12.2. The van der Waals surface area contributed by atoms with Crippen LogP contribution in [0.4, 0.5) is 13.2 Å². The minimum atomic E-state index is -4.23. The van der Waals surface area contributed by atoms with E-state index in [9.17, 15) is 18.0 Å². The van der Waals surface area contributed by atoms with Gasteiger partial charge in [-0.15, -0.1) is 0 Å². The molecule has 0 aliphatic carbocycles. The molecule has 0 fully saturated rings. The number of ketones is 1. The van der Waals surface area contributed by atoms with Gasteiger partial charge in [-0.3, -0.25) is 9.69 Å². The first kappa shape index (κ1) is 15.4. The van der Waals surface area contributed by atoms with Crippen LogP contribution in [0.3, 0.4) is 0 Å². The summed E-state index contributed by atoms with van der Waals surface area (Å²) in [4.78, 5) is 12.7. The molecule has 0 amide bonds. The maximum atomic E-state index is 12.2. The molecule has 96 valence electrons. The molecule has 0 N–H and O–H groups in total. The van der Waals surface area contributed by atoms with Crippen LogP contribution in [-0.4, -0.2) is 36.5 Å². The normalized spacial score (nSPS) is 14.2. The lowest BCUT2D eigenvalue weighted by molar-refractivity contribution is -0.149. The van der Waals surface area contributed by atoms with Gasteiger partial charge in [-0.2, -0.15) is 13.2 Å². The number of Topliss-reactive ketones (excluding diaryl/α,β-unsaturated/α-hetero) is 1. The van der Waals surface area contributed by atoms with E-state index >= 15 is 0 Å². The van der Waals surface area contributed by atoms with Gasteiger partial charge in [0.1, 0.15) is 5.78 Å². The number of nitrogens with zero attached hydrogens (tertiary/aromatic N) is 1. The molecule has 5 heteroatoms. The second-order valence-electron chi connectivity index (χ2n) is 4.10. The monoisotopic (exact) mass is 239 g/mol. The van der Waals surface area contributed by atoms with Crippen molar-refractivity contribution in [3.8, 4) is 0 Å². The van der Waals surface area contributed by atoms with E-state index in [-0.39, 0.29) is 18.2 Å². The van der Waals surface area contributed by atoms with Gasteiger partial charge in [-0.05, 0) is 19.4 Å². The van der Waals surface area contributed by atoms with Crippen molar-refractivity contribution in [1.29, 1.82) is 0 Å². The van der Waals surface area contributed by atoms with Gasteiger partial charge in [0.2, 0.25) is 0 Å². The minimum absolute atomic E-state index is 0.0949. The Morgan fingerprint density at radius 1 is 1.31 bits per heavy atom. The van der Waals surface area contributed by atoms with Crippen LogP contribution in [-0.2, 0) is 4.79 Å². The third-order valence-corrected chi connectivity index (χ3v) is 2.48. The average molecular weight is 239 g/mol. The first-order valence-electron chi connectivity index (χ1n) is 5.62. The quantitative estimate of drug-likeness (QED) is 0.681. The summed E-state index contributed by atoms with van der Waals surface area (Å²) in [6.07, 6.45) is -2.94. The molecule has 0 spiro atoms. The van der Waals surface area contributed by atoms with E-state index in [4.69, 9.17) is 0 Å². The number of hydrogen-bond acceptors (Lipinski definition) is 2. The van der Waals surface area contributed by atoms with E-state index in [2.05, 4.69) is 0 Å². The molecule has 0 bridgehead atoms. The molecule has 0 aliphatic rings. The highest BCUT2D eigenvalue weighted by atomic mass is 19.4. The lowest BCUT2D eigenvalue weighted by atomic mass is 10.0. The minimum Gasteiger partial charge on any atom is -0.298 e. The zero-order valence-electron chi connectivity index (χ0n) is 10.1. The van der Waals surface area contributed by atoms with E-state index in [0.29, 0.717) is 19.4 Å². The number of halogens is 3. The van der Waals surface area contributed by atoms with Crippen molar-refractivity contribution < 1.29 is 18.0 Å². The molecule has 0 rings (SSSR count). The standard InChI is InChI=1S/C11H20F3NO/c1-4-6-15(8-11(12,13)14)7-10(16)9(3)5-2/h9H,4-8H2,1-3H3. The van der Waals surface area contributed by atoms with Crippen molar-refractivity contribution in [2.24, 2.45) is 5.92 Å². The lowest BCUT2D eigenvalue weighted by Crippen LogP contribution is -2.39. The Balaban J connectivity index is 4.28. The molecule has 0 saturated carbocycles. The fourth-order valence-electron chi connectivity index (χ4n) is 1.39. The number of alkyl halides is 3. The van der Waals surface area contributed by atoms with E-state index in [1.807, 2.05) is 6.92 Å². The van der Waals surface area contributed by atoms with Crippen molar-refractivity contribution >= 4 is 5.78 Å². The highest BCUT2D eigenvalue weighted by Crippen LogP contribution is 2.17.